The van der Waals surface area contributed by atoms with Gasteiger partial charge in [0.05, 0.1) is 11.5 Å². The Morgan fingerprint density at radius 1 is 0.700 bits per heavy atom. The number of nitriles is 1. The molecule has 4 atom stereocenters. The van der Waals surface area contributed by atoms with Crippen LogP contribution in [0, 0.1) is 46.3 Å². The van der Waals surface area contributed by atoms with Crippen LogP contribution in [0.4, 0.5) is 0 Å². The molecule has 0 aromatic rings. The predicted octanol–water partition coefficient (Wildman–Crippen LogP) is 9.46. The van der Waals surface area contributed by atoms with E-state index in [0.29, 0.717) is 0 Å². The minimum absolute atomic E-state index is 0.0400. The number of unbranched alkanes of at least 4 members (excludes halogenated alkanes) is 6. The molecule has 0 spiro atoms. The smallest absolute Gasteiger partial charge is 0.0689 e. The molecule has 0 aromatic carbocycles. The van der Waals surface area contributed by atoms with Crippen molar-refractivity contribution in [1.82, 2.24) is 0 Å². The van der Waals surface area contributed by atoms with Crippen molar-refractivity contribution >= 4 is 0 Å². The zero-order valence-corrected chi connectivity index (χ0v) is 20.5. The summed E-state index contributed by atoms with van der Waals surface area (Å²) in [5, 5.41) is 9.97. The van der Waals surface area contributed by atoms with E-state index in [1.54, 1.807) is 0 Å². The molecule has 172 valence electrons. The largest absolute Gasteiger partial charge is 0.198 e. The molecule has 3 aliphatic rings. The van der Waals surface area contributed by atoms with E-state index < -0.39 is 0 Å². The molecular weight excluding hydrogens is 362 g/mol. The minimum Gasteiger partial charge on any atom is -0.198 e. The fourth-order valence-corrected chi connectivity index (χ4v) is 7.56. The topological polar surface area (TPSA) is 23.8 Å². The Morgan fingerprint density at radius 3 is 2.07 bits per heavy atom. The molecule has 0 radical (unpaired) electrons. The van der Waals surface area contributed by atoms with E-state index in [1.807, 2.05) is 0 Å². The fraction of sp³-hybridized carbons (Fsp3) is 0.966. The second kappa shape index (κ2) is 12.5. The number of nitrogens with zero attached hydrogens (tertiary/aromatic N) is 1. The SMILES string of the molecule is CCCCCCCC1CCC([C@H]2CC[C@@H]3C[C@](C#N)(CCCCC)CC[C@@H]3C2)CC1. The lowest BCUT2D eigenvalue weighted by Crippen LogP contribution is -2.38. The Kier molecular flexibility index (Phi) is 10.1. The molecular formula is C29H51N. The highest BCUT2D eigenvalue weighted by molar-refractivity contribution is 5.04. The van der Waals surface area contributed by atoms with E-state index in [4.69, 9.17) is 0 Å². The summed E-state index contributed by atoms with van der Waals surface area (Å²) in [4.78, 5) is 0. The highest BCUT2D eigenvalue weighted by Crippen LogP contribution is 2.53. The van der Waals surface area contributed by atoms with Crippen LogP contribution in [0.1, 0.15) is 142 Å². The van der Waals surface area contributed by atoms with Gasteiger partial charge in [0.25, 0.3) is 0 Å². The molecule has 3 rings (SSSR count). The summed E-state index contributed by atoms with van der Waals surface area (Å²) in [6.07, 6.45) is 28.1. The number of hydrogen-bond donors (Lipinski definition) is 0. The molecule has 3 fully saturated rings. The third kappa shape index (κ3) is 6.74. The van der Waals surface area contributed by atoms with E-state index in [0.717, 1.165) is 29.6 Å². The molecule has 0 amide bonds. The van der Waals surface area contributed by atoms with Crippen LogP contribution in [0.2, 0.25) is 0 Å². The van der Waals surface area contributed by atoms with Crippen LogP contribution in [0.5, 0.6) is 0 Å². The lowest BCUT2D eigenvalue weighted by atomic mass is 9.57. The standard InChI is InChI=1S/C29H51N/c1-3-5-7-8-9-11-24-12-14-25(15-13-24)26-16-17-28-22-29(23-30,19-10-6-4-2)20-18-27(28)21-26/h24-28H,3-22H2,1-2H3/t24?,25?,26-,27+,28+,29-/m0/s1. The number of rotatable bonds is 11. The molecule has 3 saturated carbocycles. The highest BCUT2D eigenvalue weighted by Gasteiger charge is 2.44. The summed E-state index contributed by atoms with van der Waals surface area (Å²) >= 11 is 0. The van der Waals surface area contributed by atoms with Crippen LogP contribution in [-0.2, 0) is 0 Å². The van der Waals surface area contributed by atoms with Gasteiger partial charge in [0.1, 0.15) is 0 Å². The molecule has 0 aromatic heterocycles. The van der Waals surface area contributed by atoms with Crippen LogP contribution >= 0.6 is 0 Å². The molecule has 1 nitrogen and oxygen atoms in total. The van der Waals surface area contributed by atoms with E-state index in [9.17, 15) is 5.26 Å². The molecule has 0 bridgehead atoms. The van der Waals surface area contributed by atoms with Gasteiger partial charge in [-0.05, 0) is 87.4 Å². The first-order valence-corrected chi connectivity index (χ1v) is 14.1. The molecule has 30 heavy (non-hydrogen) atoms. The molecule has 0 heterocycles. The van der Waals surface area contributed by atoms with Crippen molar-refractivity contribution in [3.8, 4) is 6.07 Å². The Labute approximate surface area is 188 Å². The summed E-state index contributed by atoms with van der Waals surface area (Å²) in [5.41, 5.74) is 0.0400. The summed E-state index contributed by atoms with van der Waals surface area (Å²) in [6.45, 7) is 4.59. The first-order chi connectivity index (χ1) is 14.7. The van der Waals surface area contributed by atoms with E-state index in [-0.39, 0.29) is 5.41 Å². The van der Waals surface area contributed by atoms with Gasteiger partial charge in [-0.1, -0.05) is 84.5 Å². The van der Waals surface area contributed by atoms with Gasteiger partial charge in [0.2, 0.25) is 0 Å². The van der Waals surface area contributed by atoms with Crippen molar-refractivity contribution in [2.24, 2.45) is 35.0 Å². The summed E-state index contributed by atoms with van der Waals surface area (Å²) in [5.74, 6) is 4.93. The fourth-order valence-electron chi connectivity index (χ4n) is 7.56. The average molecular weight is 414 g/mol. The van der Waals surface area contributed by atoms with E-state index in [1.165, 1.54) is 128 Å². The highest BCUT2D eigenvalue weighted by atomic mass is 14.5. The van der Waals surface area contributed by atoms with Gasteiger partial charge >= 0.3 is 0 Å². The van der Waals surface area contributed by atoms with Gasteiger partial charge in [-0.15, -0.1) is 0 Å². The van der Waals surface area contributed by atoms with Gasteiger partial charge in [0.15, 0.2) is 0 Å². The molecule has 0 saturated heterocycles. The first-order valence-electron chi connectivity index (χ1n) is 14.1. The van der Waals surface area contributed by atoms with Gasteiger partial charge in [0, 0.05) is 0 Å². The average Bonchev–Trinajstić information content (AvgIpc) is 2.79. The monoisotopic (exact) mass is 413 g/mol. The second-order valence-corrected chi connectivity index (χ2v) is 11.7. The zero-order chi connectivity index (χ0) is 21.2. The quantitative estimate of drug-likeness (QED) is 0.309. The van der Waals surface area contributed by atoms with Crippen molar-refractivity contribution in [3.05, 3.63) is 0 Å². The second-order valence-electron chi connectivity index (χ2n) is 11.7. The predicted molar refractivity (Wildman–Crippen MR) is 129 cm³/mol. The molecule has 3 aliphatic carbocycles. The third-order valence-corrected chi connectivity index (χ3v) is 9.60. The van der Waals surface area contributed by atoms with Crippen LogP contribution in [0.25, 0.3) is 0 Å². The van der Waals surface area contributed by atoms with Crippen LogP contribution < -0.4 is 0 Å². The van der Waals surface area contributed by atoms with Crippen LogP contribution in [0.3, 0.4) is 0 Å². The summed E-state index contributed by atoms with van der Waals surface area (Å²) in [6, 6.07) is 2.82. The number of fused-ring (bicyclic) bond motifs is 1. The normalized spacial score (nSPS) is 36.8. The van der Waals surface area contributed by atoms with Gasteiger partial charge in [-0.3, -0.25) is 0 Å². The lowest BCUT2D eigenvalue weighted by Gasteiger charge is -2.47. The molecule has 0 N–H and O–H groups in total. The zero-order valence-electron chi connectivity index (χ0n) is 20.5. The van der Waals surface area contributed by atoms with Gasteiger partial charge in [-0.25, -0.2) is 0 Å². The van der Waals surface area contributed by atoms with E-state index in [2.05, 4.69) is 19.9 Å². The Balaban J connectivity index is 1.38. The maximum absolute atomic E-state index is 9.97. The maximum atomic E-state index is 9.97. The van der Waals surface area contributed by atoms with Gasteiger partial charge < -0.3 is 0 Å². The van der Waals surface area contributed by atoms with Crippen molar-refractivity contribution in [2.75, 3.05) is 0 Å². The molecule has 0 unspecified atom stereocenters. The summed E-state index contributed by atoms with van der Waals surface area (Å²) < 4.78 is 0. The van der Waals surface area contributed by atoms with Crippen LogP contribution in [-0.4, -0.2) is 0 Å². The minimum atomic E-state index is 0.0400. The molecule has 0 aliphatic heterocycles. The first kappa shape index (κ1) is 24.1. The van der Waals surface area contributed by atoms with Crippen LogP contribution in [0.15, 0.2) is 0 Å². The Hall–Kier alpha value is -0.510. The maximum Gasteiger partial charge on any atom is 0.0689 e. The Morgan fingerprint density at radius 2 is 1.33 bits per heavy atom. The lowest BCUT2D eigenvalue weighted by molar-refractivity contribution is 0.0377. The van der Waals surface area contributed by atoms with Crippen molar-refractivity contribution in [2.45, 2.75) is 142 Å². The van der Waals surface area contributed by atoms with Crippen molar-refractivity contribution < 1.29 is 0 Å². The molecule has 1 heteroatoms. The number of hydrogen-bond acceptors (Lipinski definition) is 1. The van der Waals surface area contributed by atoms with Crippen molar-refractivity contribution in [3.63, 3.8) is 0 Å². The third-order valence-electron chi connectivity index (χ3n) is 9.60. The Bertz CT molecular complexity index is 511. The van der Waals surface area contributed by atoms with Gasteiger partial charge in [-0.2, -0.15) is 5.26 Å². The summed E-state index contributed by atoms with van der Waals surface area (Å²) in [7, 11) is 0. The van der Waals surface area contributed by atoms with Crippen molar-refractivity contribution in [1.29, 1.82) is 5.26 Å². The van der Waals surface area contributed by atoms with E-state index >= 15 is 0 Å².